The third kappa shape index (κ3) is 59.5. The zero-order valence-electron chi connectivity index (χ0n) is 47.7. The fourth-order valence-corrected chi connectivity index (χ4v) is 7.39. The second-order valence-corrected chi connectivity index (χ2v) is 18.8. The smallest absolute Gasteiger partial charge is 0.306 e. The lowest BCUT2D eigenvalue weighted by Crippen LogP contribution is -2.30. The van der Waals surface area contributed by atoms with Crippen molar-refractivity contribution in [3.63, 3.8) is 0 Å². The van der Waals surface area contributed by atoms with Crippen LogP contribution in [0.5, 0.6) is 0 Å². The Morgan fingerprint density at radius 1 is 0.267 bits per heavy atom. The molecule has 0 fully saturated rings. The minimum Gasteiger partial charge on any atom is -0.462 e. The summed E-state index contributed by atoms with van der Waals surface area (Å²) < 4.78 is 16.8. The first-order valence-electron chi connectivity index (χ1n) is 29.6. The Morgan fingerprint density at radius 2 is 0.507 bits per heavy atom. The maximum atomic E-state index is 12.9. The van der Waals surface area contributed by atoms with Crippen molar-refractivity contribution in [3.8, 4) is 0 Å². The fraction of sp³-hybridized carbons (Fsp3) is 0.551. The van der Waals surface area contributed by atoms with E-state index in [9.17, 15) is 14.4 Å². The third-order valence-corrected chi connectivity index (χ3v) is 11.7. The number of allylic oxidation sites excluding steroid dienone is 28. The average Bonchev–Trinajstić information content (AvgIpc) is 3.41. The van der Waals surface area contributed by atoms with Gasteiger partial charge in [-0.15, -0.1) is 0 Å². The Balaban J connectivity index is 4.51. The molecule has 1 unspecified atom stereocenters. The SMILES string of the molecule is CC/C=C\C/C=C\C/C=C\C/C=C\C/C=C\CCCCCCCCCC(=O)OCC(COC(=O)CC/C=C\C/C=C\C/C=C\C/C=C\CC)OC(=O)CCCCCCC/C=C\C/C=C\C/C=C\C/C=C\C/C=C\CC. The van der Waals surface area contributed by atoms with Gasteiger partial charge in [-0.1, -0.05) is 242 Å². The van der Waals surface area contributed by atoms with Gasteiger partial charge in [0.05, 0.1) is 0 Å². The molecule has 0 aliphatic rings. The van der Waals surface area contributed by atoms with Crippen molar-refractivity contribution in [2.75, 3.05) is 13.2 Å². The van der Waals surface area contributed by atoms with E-state index in [2.05, 4.69) is 179 Å². The van der Waals surface area contributed by atoms with E-state index in [0.29, 0.717) is 12.8 Å². The lowest BCUT2D eigenvalue weighted by Gasteiger charge is -2.18. The molecule has 0 aliphatic carbocycles. The van der Waals surface area contributed by atoms with Crippen LogP contribution in [0.1, 0.15) is 226 Å². The van der Waals surface area contributed by atoms with Crippen molar-refractivity contribution in [1.29, 1.82) is 0 Å². The maximum Gasteiger partial charge on any atom is 0.306 e. The van der Waals surface area contributed by atoms with Crippen LogP contribution in [0, 0.1) is 0 Å². The highest BCUT2D eigenvalue weighted by atomic mass is 16.6. The van der Waals surface area contributed by atoms with Gasteiger partial charge in [0, 0.05) is 19.3 Å². The van der Waals surface area contributed by atoms with Crippen LogP contribution in [0.25, 0.3) is 0 Å². The third-order valence-electron chi connectivity index (χ3n) is 11.7. The van der Waals surface area contributed by atoms with Gasteiger partial charge in [-0.3, -0.25) is 14.4 Å². The highest BCUT2D eigenvalue weighted by Crippen LogP contribution is 2.13. The molecule has 1 atom stereocenters. The molecule has 0 aromatic carbocycles. The predicted octanol–water partition coefficient (Wildman–Crippen LogP) is 20.3. The van der Waals surface area contributed by atoms with Crippen LogP contribution in [-0.2, 0) is 28.6 Å². The van der Waals surface area contributed by atoms with Gasteiger partial charge in [-0.2, -0.15) is 0 Å². The van der Waals surface area contributed by atoms with Crippen LogP contribution in [0.2, 0.25) is 0 Å². The maximum absolute atomic E-state index is 12.9. The number of hydrogen-bond acceptors (Lipinski definition) is 6. The fourth-order valence-electron chi connectivity index (χ4n) is 7.39. The Kier molecular flexibility index (Phi) is 57.0. The summed E-state index contributed by atoms with van der Waals surface area (Å²) in [6.45, 7) is 6.19. The first-order chi connectivity index (χ1) is 37.0. The molecule has 6 heteroatoms. The number of hydrogen-bond donors (Lipinski definition) is 0. The van der Waals surface area contributed by atoms with Crippen LogP contribution in [0.3, 0.4) is 0 Å². The summed E-state index contributed by atoms with van der Waals surface area (Å²) >= 11 is 0. The number of esters is 3. The van der Waals surface area contributed by atoms with Crippen LogP contribution in [0.4, 0.5) is 0 Å². The van der Waals surface area contributed by atoms with E-state index >= 15 is 0 Å². The molecule has 418 valence electrons. The molecule has 0 aromatic rings. The molecule has 0 N–H and O–H groups in total. The molecule has 75 heavy (non-hydrogen) atoms. The van der Waals surface area contributed by atoms with Gasteiger partial charge in [-0.25, -0.2) is 0 Å². The molecule has 6 nitrogen and oxygen atoms in total. The van der Waals surface area contributed by atoms with Gasteiger partial charge >= 0.3 is 17.9 Å². The zero-order chi connectivity index (χ0) is 54.3. The molecule has 0 aliphatic heterocycles. The topological polar surface area (TPSA) is 78.9 Å². The van der Waals surface area contributed by atoms with E-state index in [4.69, 9.17) is 14.2 Å². The number of unbranched alkanes of at least 4 members (excludes halogenated alkanes) is 12. The standard InChI is InChI=1S/C69H106O6/c1-4-7-10-13-16-19-22-25-27-29-31-33-34-36-37-39-41-44-47-50-53-56-59-62-68(71)74-65-66(64-73-67(70)61-58-55-52-49-46-43-24-21-18-15-12-9-6-3)75-69(72)63-60-57-54-51-48-45-42-40-38-35-32-30-28-26-23-20-17-14-11-8-5-2/h7-12,16-21,25-28,31-33,35-37,40,42-43,46,52,55,66H,4-6,13-15,22-24,29-30,34,38-39,41,44-45,47-51,53-54,56-65H2,1-3H3/b10-7-,11-8-,12-9-,19-16-,20-17-,21-18-,27-25-,28-26-,33-31-,35-32-,37-36-,42-40-,46-43-,55-52-. The van der Waals surface area contributed by atoms with Gasteiger partial charge in [-0.05, 0) is 135 Å². The van der Waals surface area contributed by atoms with E-state index < -0.39 is 6.10 Å². The van der Waals surface area contributed by atoms with Crippen LogP contribution in [-0.4, -0.2) is 37.2 Å². The summed E-state index contributed by atoms with van der Waals surface area (Å²) in [5, 5.41) is 0. The summed E-state index contributed by atoms with van der Waals surface area (Å²) in [6.07, 6.45) is 90.7. The summed E-state index contributed by atoms with van der Waals surface area (Å²) in [6, 6.07) is 0. The first kappa shape index (κ1) is 69.8. The largest absolute Gasteiger partial charge is 0.462 e. The normalized spacial score (nSPS) is 13.4. The lowest BCUT2D eigenvalue weighted by molar-refractivity contribution is -0.166. The molecule has 0 saturated carbocycles. The molecular formula is C69H106O6. The molecule has 0 amide bonds. The number of rotatable bonds is 51. The van der Waals surface area contributed by atoms with E-state index in [1.807, 2.05) is 12.2 Å². The summed E-state index contributed by atoms with van der Waals surface area (Å²) in [7, 11) is 0. The predicted molar refractivity (Wildman–Crippen MR) is 325 cm³/mol. The lowest BCUT2D eigenvalue weighted by atomic mass is 10.1. The Morgan fingerprint density at radius 3 is 0.827 bits per heavy atom. The van der Waals surface area contributed by atoms with Gasteiger partial charge < -0.3 is 14.2 Å². The quantitative estimate of drug-likeness (QED) is 0.0261. The van der Waals surface area contributed by atoms with Gasteiger partial charge in [0.15, 0.2) is 6.10 Å². The van der Waals surface area contributed by atoms with Crippen molar-refractivity contribution in [2.24, 2.45) is 0 Å². The number of carbonyl (C=O) groups excluding carboxylic acids is 3. The first-order valence-corrected chi connectivity index (χ1v) is 29.6. The highest BCUT2D eigenvalue weighted by molar-refractivity contribution is 5.71. The van der Waals surface area contributed by atoms with E-state index in [-0.39, 0.29) is 44.0 Å². The summed E-state index contributed by atoms with van der Waals surface area (Å²) in [4.78, 5) is 38.2. The van der Waals surface area contributed by atoms with Crippen LogP contribution in [0.15, 0.2) is 170 Å². The summed E-state index contributed by atoms with van der Waals surface area (Å²) in [5.74, 6) is -1.05. The molecule has 0 heterocycles. The van der Waals surface area contributed by atoms with E-state index in [0.717, 1.165) is 161 Å². The second kappa shape index (κ2) is 61.3. The van der Waals surface area contributed by atoms with Gasteiger partial charge in [0.1, 0.15) is 13.2 Å². The Labute approximate surface area is 460 Å². The molecule has 0 saturated heterocycles. The molecular weight excluding hydrogens is 925 g/mol. The van der Waals surface area contributed by atoms with Crippen molar-refractivity contribution < 1.29 is 28.6 Å². The molecule has 0 rings (SSSR count). The Hall–Kier alpha value is -5.23. The van der Waals surface area contributed by atoms with E-state index in [1.165, 1.54) is 19.3 Å². The van der Waals surface area contributed by atoms with Crippen LogP contribution >= 0.6 is 0 Å². The van der Waals surface area contributed by atoms with Crippen molar-refractivity contribution in [3.05, 3.63) is 170 Å². The Bertz CT molecular complexity index is 1750. The second-order valence-electron chi connectivity index (χ2n) is 18.8. The van der Waals surface area contributed by atoms with Crippen molar-refractivity contribution in [1.82, 2.24) is 0 Å². The monoisotopic (exact) mass is 1030 g/mol. The minimum absolute atomic E-state index is 0.123. The average molecular weight is 1030 g/mol. The van der Waals surface area contributed by atoms with E-state index in [1.54, 1.807) is 0 Å². The van der Waals surface area contributed by atoms with Gasteiger partial charge in [0.2, 0.25) is 0 Å². The molecule has 0 bridgehead atoms. The molecule has 0 spiro atoms. The van der Waals surface area contributed by atoms with Gasteiger partial charge in [0.25, 0.3) is 0 Å². The van der Waals surface area contributed by atoms with Crippen molar-refractivity contribution >= 4 is 17.9 Å². The van der Waals surface area contributed by atoms with Crippen molar-refractivity contribution in [2.45, 2.75) is 232 Å². The zero-order valence-corrected chi connectivity index (χ0v) is 47.7. The molecule has 0 radical (unpaired) electrons. The highest BCUT2D eigenvalue weighted by Gasteiger charge is 2.19. The molecule has 0 aromatic heterocycles. The minimum atomic E-state index is -0.833. The van der Waals surface area contributed by atoms with Crippen LogP contribution < -0.4 is 0 Å². The number of ether oxygens (including phenoxy) is 3. The summed E-state index contributed by atoms with van der Waals surface area (Å²) in [5.41, 5.74) is 0. The number of carbonyl (C=O) groups is 3.